The Morgan fingerprint density at radius 3 is 2.71 bits per heavy atom. The molecule has 0 radical (unpaired) electrons. The number of nitrogens with one attached hydrogen (secondary N) is 1. The summed E-state index contributed by atoms with van der Waals surface area (Å²) >= 11 is 1.49. The van der Waals surface area contributed by atoms with Gasteiger partial charge in [-0.15, -0.1) is 0 Å². The molecule has 1 atom stereocenters. The average molecular weight is 213 g/mol. The molecule has 1 rings (SSSR count). The number of hydrogen-bond donors (Lipinski definition) is 2. The molecule has 1 aromatic heterocycles. The zero-order chi connectivity index (χ0) is 10.7. The van der Waals surface area contributed by atoms with Gasteiger partial charge in [0.15, 0.2) is 5.16 Å². The Kier molecular flexibility index (Phi) is 3.71. The van der Waals surface area contributed by atoms with E-state index in [9.17, 15) is 4.79 Å². The quantitative estimate of drug-likeness (QED) is 0.576. The maximum Gasteiger partial charge on any atom is 0.254 e. The number of aromatic nitrogens is 2. The molecule has 1 heterocycles. The minimum atomic E-state index is -0.0655. The lowest BCUT2D eigenvalue weighted by atomic mass is 10.3. The number of aromatic amines is 1. The molecule has 4 nitrogen and oxygen atoms in total. The van der Waals surface area contributed by atoms with E-state index in [0.717, 1.165) is 5.69 Å². The van der Waals surface area contributed by atoms with Crippen LogP contribution in [0.5, 0.6) is 0 Å². The van der Waals surface area contributed by atoms with E-state index in [1.807, 2.05) is 13.8 Å². The van der Waals surface area contributed by atoms with E-state index >= 15 is 0 Å². The molecule has 14 heavy (non-hydrogen) atoms. The van der Waals surface area contributed by atoms with Crippen LogP contribution in [0, 0.1) is 13.8 Å². The van der Waals surface area contributed by atoms with Crippen molar-refractivity contribution < 1.29 is 0 Å². The Morgan fingerprint density at radius 1 is 1.57 bits per heavy atom. The SMILES string of the molecule is Cc1nc(SC(C)CN)[nH]c(=O)c1C. The summed E-state index contributed by atoms with van der Waals surface area (Å²) in [4.78, 5) is 18.4. The van der Waals surface area contributed by atoms with Gasteiger partial charge in [0.2, 0.25) is 0 Å². The maximum absolute atomic E-state index is 11.4. The van der Waals surface area contributed by atoms with Gasteiger partial charge in [0.1, 0.15) is 0 Å². The van der Waals surface area contributed by atoms with E-state index in [1.165, 1.54) is 11.8 Å². The summed E-state index contributed by atoms with van der Waals surface area (Å²) in [6.45, 7) is 6.17. The zero-order valence-electron chi connectivity index (χ0n) is 8.63. The Labute approximate surface area is 87.3 Å². The molecular formula is C9H15N3OS. The van der Waals surface area contributed by atoms with Gasteiger partial charge in [-0.2, -0.15) is 0 Å². The van der Waals surface area contributed by atoms with Crippen LogP contribution in [-0.2, 0) is 0 Å². The molecule has 78 valence electrons. The average Bonchev–Trinajstić information content (AvgIpc) is 2.14. The Hall–Kier alpha value is -0.810. The van der Waals surface area contributed by atoms with Crippen molar-refractivity contribution in [3.63, 3.8) is 0 Å². The molecule has 0 aliphatic carbocycles. The van der Waals surface area contributed by atoms with E-state index in [4.69, 9.17) is 5.73 Å². The molecule has 1 unspecified atom stereocenters. The van der Waals surface area contributed by atoms with Crippen LogP contribution in [0.1, 0.15) is 18.2 Å². The summed E-state index contributed by atoms with van der Waals surface area (Å²) in [6.07, 6.45) is 0. The number of nitrogens with two attached hydrogens (primary N) is 1. The monoisotopic (exact) mass is 213 g/mol. The van der Waals surface area contributed by atoms with E-state index < -0.39 is 0 Å². The summed E-state index contributed by atoms with van der Waals surface area (Å²) in [7, 11) is 0. The molecule has 0 aromatic carbocycles. The second kappa shape index (κ2) is 4.61. The molecule has 0 bridgehead atoms. The standard InChI is InChI=1S/C9H15N3OS/c1-5(4-10)14-9-11-7(3)6(2)8(13)12-9/h5H,4,10H2,1-3H3,(H,11,12,13). The molecule has 0 fully saturated rings. The first kappa shape index (κ1) is 11.3. The Bertz CT molecular complexity index is 375. The first-order valence-corrected chi connectivity index (χ1v) is 5.36. The van der Waals surface area contributed by atoms with Gasteiger partial charge in [0, 0.05) is 23.1 Å². The topological polar surface area (TPSA) is 71.8 Å². The van der Waals surface area contributed by atoms with Gasteiger partial charge in [-0.25, -0.2) is 4.98 Å². The van der Waals surface area contributed by atoms with Crippen molar-refractivity contribution in [3.05, 3.63) is 21.6 Å². The van der Waals surface area contributed by atoms with Crippen LogP contribution < -0.4 is 11.3 Å². The highest BCUT2D eigenvalue weighted by Crippen LogP contribution is 2.17. The fourth-order valence-electron chi connectivity index (χ4n) is 0.914. The first-order valence-electron chi connectivity index (χ1n) is 4.49. The number of nitrogens with zero attached hydrogens (tertiary/aromatic N) is 1. The number of hydrogen-bond acceptors (Lipinski definition) is 4. The number of H-pyrrole nitrogens is 1. The molecule has 0 saturated carbocycles. The minimum Gasteiger partial charge on any atom is -0.329 e. The van der Waals surface area contributed by atoms with Crippen molar-refractivity contribution in [2.45, 2.75) is 31.2 Å². The molecule has 0 saturated heterocycles. The van der Waals surface area contributed by atoms with Crippen molar-refractivity contribution in [2.24, 2.45) is 5.73 Å². The Morgan fingerprint density at radius 2 is 2.21 bits per heavy atom. The van der Waals surface area contributed by atoms with Crippen molar-refractivity contribution in [2.75, 3.05) is 6.54 Å². The maximum atomic E-state index is 11.4. The predicted molar refractivity (Wildman–Crippen MR) is 58.7 cm³/mol. The molecule has 5 heteroatoms. The Balaban J connectivity index is 2.96. The second-order valence-electron chi connectivity index (χ2n) is 3.25. The number of thioether (sulfide) groups is 1. The van der Waals surface area contributed by atoms with Gasteiger partial charge in [-0.1, -0.05) is 18.7 Å². The van der Waals surface area contributed by atoms with Crippen LogP contribution in [-0.4, -0.2) is 21.8 Å². The van der Waals surface area contributed by atoms with E-state index in [-0.39, 0.29) is 10.8 Å². The van der Waals surface area contributed by atoms with E-state index in [0.29, 0.717) is 17.3 Å². The van der Waals surface area contributed by atoms with Gasteiger partial charge in [0.05, 0.1) is 0 Å². The first-order chi connectivity index (χ1) is 6.54. The van der Waals surface area contributed by atoms with Gasteiger partial charge in [-0.3, -0.25) is 4.79 Å². The molecular weight excluding hydrogens is 198 g/mol. The fourth-order valence-corrected chi connectivity index (χ4v) is 1.73. The van der Waals surface area contributed by atoms with Crippen molar-refractivity contribution in [1.29, 1.82) is 0 Å². The van der Waals surface area contributed by atoms with Crippen molar-refractivity contribution in [1.82, 2.24) is 9.97 Å². The number of aryl methyl sites for hydroxylation is 1. The summed E-state index contributed by atoms with van der Waals surface area (Å²) in [5.74, 6) is 0. The summed E-state index contributed by atoms with van der Waals surface area (Å²) in [6, 6.07) is 0. The van der Waals surface area contributed by atoms with Gasteiger partial charge >= 0.3 is 0 Å². The summed E-state index contributed by atoms with van der Waals surface area (Å²) in [5, 5.41) is 0.913. The summed E-state index contributed by atoms with van der Waals surface area (Å²) in [5.41, 5.74) is 6.87. The zero-order valence-corrected chi connectivity index (χ0v) is 9.44. The van der Waals surface area contributed by atoms with E-state index in [1.54, 1.807) is 6.92 Å². The normalized spacial score (nSPS) is 12.9. The highest BCUT2D eigenvalue weighted by Gasteiger charge is 2.07. The predicted octanol–water partition coefficient (Wildman–Crippen LogP) is 0.826. The summed E-state index contributed by atoms with van der Waals surface area (Å²) < 4.78 is 0. The highest BCUT2D eigenvalue weighted by molar-refractivity contribution is 7.99. The van der Waals surface area contributed by atoms with Crippen LogP contribution in [0.3, 0.4) is 0 Å². The van der Waals surface area contributed by atoms with Crippen LogP contribution >= 0.6 is 11.8 Å². The van der Waals surface area contributed by atoms with Crippen molar-refractivity contribution in [3.8, 4) is 0 Å². The van der Waals surface area contributed by atoms with E-state index in [2.05, 4.69) is 9.97 Å². The molecule has 1 aromatic rings. The molecule has 0 aliphatic heterocycles. The van der Waals surface area contributed by atoms with Crippen LogP contribution in [0.15, 0.2) is 9.95 Å². The van der Waals surface area contributed by atoms with Gasteiger partial charge < -0.3 is 10.7 Å². The van der Waals surface area contributed by atoms with Crippen LogP contribution in [0.2, 0.25) is 0 Å². The molecule has 3 N–H and O–H groups in total. The lowest BCUT2D eigenvalue weighted by molar-refractivity contribution is 0.868. The third kappa shape index (κ3) is 2.59. The molecule has 0 spiro atoms. The molecule has 0 aliphatic rings. The second-order valence-corrected chi connectivity index (χ2v) is 4.67. The lowest BCUT2D eigenvalue weighted by Gasteiger charge is -2.07. The fraction of sp³-hybridized carbons (Fsp3) is 0.556. The van der Waals surface area contributed by atoms with Gasteiger partial charge in [-0.05, 0) is 13.8 Å². The minimum absolute atomic E-state index is 0.0655. The third-order valence-electron chi connectivity index (χ3n) is 2.02. The van der Waals surface area contributed by atoms with Crippen LogP contribution in [0.25, 0.3) is 0 Å². The molecule has 0 amide bonds. The van der Waals surface area contributed by atoms with Gasteiger partial charge in [0.25, 0.3) is 5.56 Å². The smallest absolute Gasteiger partial charge is 0.254 e. The number of rotatable bonds is 3. The lowest BCUT2D eigenvalue weighted by Crippen LogP contribution is -2.17. The largest absolute Gasteiger partial charge is 0.329 e. The van der Waals surface area contributed by atoms with Crippen molar-refractivity contribution >= 4 is 11.8 Å². The third-order valence-corrected chi connectivity index (χ3v) is 3.03. The van der Waals surface area contributed by atoms with Crippen LogP contribution in [0.4, 0.5) is 0 Å². The highest BCUT2D eigenvalue weighted by atomic mass is 32.2.